The summed E-state index contributed by atoms with van der Waals surface area (Å²) >= 11 is 1.36. The molecule has 2 aromatic heterocycles. The van der Waals surface area contributed by atoms with Crippen LogP contribution in [-0.2, 0) is 20.9 Å². The molecule has 0 aliphatic carbocycles. The van der Waals surface area contributed by atoms with Crippen molar-refractivity contribution in [1.29, 1.82) is 0 Å². The summed E-state index contributed by atoms with van der Waals surface area (Å²) in [6.07, 6.45) is 4.66. The molecule has 0 aromatic carbocycles. The fourth-order valence-electron chi connectivity index (χ4n) is 3.13. The molecule has 3 heterocycles. The molecule has 0 radical (unpaired) electrons. The van der Waals surface area contributed by atoms with Gasteiger partial charge in [-0.3, -0.25) is 19.1 Å². The number of primary amides is 1. The number of pyridine rings is 1. The Morgan fingerprint density at radius 3 is 2.61 bits per heavy atom. The monoisotopic (exact) mass is 404 g/mol. The number of ether oxygens (including phenoxy) is 1. The highest BCUT2D eigenvalue weighted by atomic mass is 32.2. The van der Waals surface area contributed by atoms with Crippen LogP contribution in [0.4, 0.5) is 0 Å². The Kier molecular flexibility index (Phi) is 6.99. The molecular formula is C18H24N6O3S. The van der Waals surface area contributed by atoms with Gasteiger partial charge < -0.3 is 15.4 Å². The average molecular weight is 404 g/mol. The molecular weight excluding hydrogens is 380 g/mol. The highest BCUT2D eigenvalue weighted by Gasteiger charge is 2.26. The molecule has 1 aliphatic rings. The van der Waals surface area contributed by atoms with E-state index in [-0.39, 0.29) is 23.5 Å². The maximum absolute atomic E-state index is 12.5. The van der Waals surface area contributed by atoms with E-state index in [1.165, 1.54) is 11.8 Å². The first kappa shape index (κ1) is 20.3. The van der Waals surface area contributed by atoms with E-state index in [1.807, 2.05) is 16.7 Å². The van der Waals surface area contributed by atoms with Gasteiger partial charge in [0.15, 0.2) is 11.0 Å². The maximum Gasteiger partial charge on any atom is 0.233 e. The maximum atomic E-state index is 12.5. The van der Waals surface area contributed by atoms with Crippen LogP contribution in [0, 0.1) is 5.92 Å². The second-order valence-corrected chi connectivity index (χ2v) is 7.48. The van der Waals surface area contributed by atoms with Crippen LogP contribution < -0.4 is 5.73 Å². The fourth-order valence-corrected chi connectivity index (χ4v) is 3.99. The standard InChI is InChI=1S/C18H24N6O3S/c1-27-11-10-24-17(14-2-6-20-7-3-14)21-22-18(24)28-12-15(25)23-8-4-13(5-9-23)16(19)26/h2-3,6-7,13H,4-5,8-12H2,1H3,(H2,19,26). The van der Waals surface area contributed by atoms with Crippen LogP contribution in [0.25, 0.3) is 11.4 Å². The van der Waals surface area contributed by atoms with E-state index in [0.717, 1.165) is 11.4 Å². The van der Waals surface area contributed by atoms with Crippen molar-refractivity contribution in [3.63, 3.8) is 0 Å². The molecule has 0 unspecified atom stereocenters. The van der Waals surface area contributed by atoms with Gasteiger partial charge in [-0.2, -0.15) is 0 Å². The lowest BCUT2D eigenvalue weighted by Crippen LogP contribution is -2.42. The number of rotatable bonds is 8. The number of nitrogens with zero attached hydrogens (tertiary/aromatic N) is 5. The molecule has 10 heteroatoms. The molecule has 2 N–H and O–H groups in total. The minimum atomic E-state index is -0.281. The second kappa shape index (κ2) is 9.65. The van der Waals surface area contributed by atoms with Gasteiger partial charge in [0.25, 0.3) is 0 Å². The number of amides is 2. The van der Waals surface area contributed by atoms with Crippen molar-refractivity contribution in [2.24, 2.45) is 11.7 Å². The quantitative estimate of drug-likeness (QED) is 0.647. The lowest BCUT2D eigenvalue weighted by Gasteiger charge is -2.30. The van der Waals surface area contributed by atoms with Crippen molar-refractivity contribution in [2.75, 3.05) is 32.6 Å². The van der Waals surface area contributed by atoms with Gasteiger partial charge >= 0.3 is 0 Å². The number of piperidine rings is 1. The van der Waals surface area contributed by atoms with Crippen molar-refractivity contribution in [1.82, 2.24) is 24.6 Å². The number of aromatic nitrogens is 4. The summed E-state index contributed by atoms with van der Waals surface area (Å²) in [5, 5.41) is 9.23. The van der Waals surface area contributed by atoms with Crippen LogP contribution in [-0.4, -0.2) is 69.0 Å². The summed E-state index contributed by atoms with van der Waals surface area (Å²) < 4.78 is 7.15. The van der Waals surface area contributed by atoms with Crippen LogP contribution in [0.3, 0.4) is 0 Å². The van der Waals surface area contributed by atoms with E-state index < -0.39 is 0 Å². The second-order valence-electron chi connectivity index (χ2n) is 6.53. The molecule has 2 aromatic rings. The first-order valence-corrected chi connectivity index (χ1v) is 10.1. The Balaban J connectivity index is 1.64. The zero-order chi connectivity index (χ0) is 19.9. The van der Waals surface area contributed by atoms with Crippen LogP contribution in [0.1, 0.15) is 12.8 Å². The summed E-state index contributed by atoms with van der Waals surface area (Å²) in [6.45, 7) is 2.22. The van der Waals surface area contributed by atoms with Crippen LogP contribution in [0.5, 0.6) is 0 Å². The van der Waals surface area contributed by atoms with E-state index in [2.05, 4.69) is 15.2 Å². The van der Waals surface area contributed by atoms with E-state index >= 15 is 0 Å². The van der Waals surface area contributed by atoms with Crippen molar-refractivity contribution >= 4 is 23.6 Å². The number of thioether (sulfide) groups is 1. The van der Waals surface area contributed by atoms with Gasteiger partial charge in [-0.25, -0.2) is 0 Å². The van der Waals surface area contributed by atoms with Gasteiger partial charge in [-0.05, 0) is 25.0 Å². The van der Waals surface area contributed by atoms with Gasteiger partial charge in [-0.1, -0.05) is 11.8 Å². The number of hydrogen-bond donors (Lipinski definition) is 1. The van der Waals surface area contributed by atoms with E-state index in [9.17, 15) is 9.59 Å². The minimum Gasteiger partial charge on any atom is -0.383 e. The number of likely N-dealkylation sites (tertiary alicyclic amines) is 1. The third kappa shape index (κ3) is 4.87. The zero-order valence-corrected chi connectivity index (χ0v) is 16.6. The molecule has 0 spiro atoms. The Bertz CT molecular complexity index is 805. The van der Waals surface area contributed by atoms with Gasteiger partial charge in [0.1, 0.15) is 0 Å². The third-order valence-electron chi connectivity index (χ3n) is 4.75. The highest BCUT2D eigenvalue weighted by Crippen LogP contribution is 2.24. The van der Waals surface area contributed by atoms with Crippen LogP contribution >= 0.6 is 11.8 Å². The molecule has 3 rings (SSSR count). The molecule has 150 valence electrons. The average Bonchev–Trinajstić information content (AvgIpc) is 3.13. The summed E-state index contributed by atoms with van der Waals surface area (Å²) in [4.78, 5) is 29.6. The molecule has 28 heavy (non-hydrogen) atoms. The Labute approximate surface area is 167 Å². The molecule has 0 bridgehead atoms. The van der Waals surface area contributed by atoms with Gasteiger partial charge in [0.2, 0.25) is 11.8 Å². The van der Waals surface area contributed by atoms with Crippen molar-refractivity contribution in [3.05, 3.63) is 24.5 Å². The lowest BCUT2D eigenvalue weighted by molar-refractivity contribution is -0.132. The predicted octanol–water partition coefficient (Wildman–Crippen LogP) is 0.803. The highest BCUT2D eigenvalue weighted by molar-refractivity contribution is 7.99. The van der Waals surface area contributed by atoms with Crippen molar-refractivity contribution < 1.29 is 14.3 Å². The SMILES string of the molecule is COCCn1c(SCC(=O)N2CCC(C(N)=O)CC2)nnc1-c1ccncc1. The lowest BCUT2D eigenvalue weighted by atomic mass is 9.96. The number of nitrogens with two attached hydrogens (primary N) is 1. The summed E-state index contributed by atoms with van der Waals surface area (Å²) in [5.41, 5.74) is 6.26. The molecule has 0 saturated carbocycles. The third-order valence-corrected chi connectivity index (χ3v) is 5.70. The molecule has 1 fully saturated rings. The largest absolute Gasteiger partial charge is 0.383 e. The zero-order valence-electron chi connectivity index (χ0n) is 15.8. The summed E-state index contributed by atoms with van der Waals surface area (Å²) in [6, 6.07) is 3.74. The Morgan fingerprint density at radius 1 is 1.25 bits per heavy atom. The Morgan fingerprint density at radius 2 is 1.96 bits per heavy atom. The number of hydrogen-bond acceptors (Lipinski definition) is 7. The minimum absolute atomic E-state index is 0.0275. The number of methoxy groups -OCH3 is 1. The summed E-state index contributed by atoms with van der Waals surface area (Å²) in [7, 11) is 1.64. The Hall–Kier alpha value is -2.46. The smallest absolute Gasteiger partial charge is 0.233 e. The molecule has 1 aliphatic heterocycles. The molecule has 0 atom stereocenters. The first-order valence-electron chi connectivity index (χ1n) is 9.12. The molecule has 9 nitrogen and oxygen atoms in total. The molecule has 2 amide bonds. The normalized spacial score (nSPS) is 15.0. The predicted molar refractivity (Wildman–Crippen MR) is 104 cm³/mol. The van der Waals surface area contributed by atoms with Crippen LogP contribution in [0.2, 0.25) is 0 Å². The first-order chi connectivity index (χ1) is 13.6. The van der Waals surface area contributed by atoms with E-state index in [0.29, 0.717) is 44.2 Å². The van der Waals surface area contributed by atoms with Gasteiger partial charge in [-0.15, -0.1) is 10.2 Å². The topological polar surface area (TPSA) is 116 Å². The number of carbonyl (C=O) groups is 2. The van der Waals surface area contributed by atoms with Crippen LogP contribution in [0.15, 0.2) is 29.7 Å². The van der Waals surface area contributed by atoms with E-state index in [1.54, 1.807) is 24.4 Å². The van der Waals surface area contributed by atoms with Gasteiger partial charge in [0.05, 0.1) is 18.9 Å². The molecule has 1 saturated heterocycles. The van der Waals surface area contributed by atoms with E-state index in [4.69, 9.17) is 10.5 Å². The van der Waals surface area contributed by atoms with Gasteiger partial charge in [0, 0.05) is 44.1 Å². The summed E-state index contributed by atoms with van der Waals surface area (Å²) in [5.74, 6) is 0.604. The number of carbonyl (C=O) groups excluding carboxylic acids is 2. The van der Waals surface area contributed by atoms with Crippen molar-refractivity contribution in [2.45, 2.75) is 24.5 Å². The van der Waals surface area contributed by atoms with Crippen molar-refractivity contribution in [3.8, 4) is 11.4 Å². The fraction of sp³-hybridized carbons (Fsp3) is 0.500.